The number of carbonyl (C=O) groups is 1. The number of rotatable bonds is 9. The minimum Gasteiger partial charge on any atom is -0.434 e. The van der Waals surface area contributed by atoms with Gasteiger partial charge in [-0.3, -0.25) is 0 Å². The maximum atomic E-state index is 12.0. The van der Waals surface area contributed by atoms with Crippen molar-refractivity contribution in [1.29, 1.82) is 0 Å². The van der Waals surface area contributed by atoms with Gasteiger partial charge in [-0.2, -0.15) is 0 Å². The predicted molar refractivity (Wildman–Crippen MR) is 146 cm³/mol. The number of unbranched alkanes of at least 4 members (excludes halogenated alkanes) is 1. The van der Waals surface area contributed by atoms with E-state index in [0.29, 0.717) is 37.7 Å². The van der Waals surface area contributed by atoms with Crippen LogP contribution in [0.3, 0.4) is 0 Å². The van der Waals surface area contributed by atoms with Gasteiger partial charge in [0.05, 0.1) is 18.8 Å². The van der Waals surface area contributed by atoms with Crippen molar-refractivity contribution in [3.05, 3.63) is 47.6 Å². The zero-order valence-corrected chi connectivity index (χ0v) is 23.2. The summed E-state index contributed by atoms with van der Waals surface area (Å²) < 4.78 is 10.5. The summed E-state index contributed by atoms with van der Waals surface area (Å²) >= 11 is 0. The second-order valence-electron chi connectivity index (χ2n) is 12.1. The first kappa shape index (κ1) is 29.7. The van der Waals surface area contributed by atoms with Crippen molar-refractivity contribution in [2.24, 2.45) is 17.3 Å². The topological polar surface area (TPSA) is 96.2 Å². The van der Waals surface area contributed by atoms with Crippen LogP contribution in [0.25, 0.3) is 0 Å². The molecule has 0 bridgehead atoms. The lowest BCUT2D eigenvalue weighted by Gasteiger charge is -2.42. The number of aliphatic hydroxyl groups excluding tert-OH is 3. The normalized spacial score (nSPS) is 32.3. The Bertz CT molecular complexity index is 887. The van der Waals surface area contributed by atoms with Crippen molar-refractivity contribution >= 4 is 6.16 Å². The number of allylic oxidation sites excluding steroid dienone is 5. The summed E-state index contributed by atoms with van der Waals surface area (Å²) in [5, 5.41) is 30.8. The smallest absolute Gasteiger partial charge is 0.434 e. The van der Waals surface area contributed by atoms with E-state index in [1.165, 1.54) is 5.57 Å². The van der Waals surface area contributed by atoms with Crippen molar-refractivity contribution in [3.63, 3.8) is 0 Å². The number of carbonyl (C=O) groups excluding carboxylic acids is 1. The summed E-state index contributed by atoms with van der Waals surface area (Å²) in [7, 11) is 0. The monoisotopic (exact) mass is 516 g/mol. The highest BCUT2D eigenvalue weighted by molar-refractivity contribution is 5.60. The molecule has 3 saturated carbocycles. The molecule has 0 spiro atoms. The first-order chi connectivity index (χ1) is 17.5. The van der Waals surface area contributed by atoms with E-state index < -0.39 is 30.1 Å². The third-order valence-electron chi connectivity index (χ3n) is 8.75. The molecule has 3 fully saturated rings. The SMILES string of the molecule is C=C(/C=C/[C@H](O)C(C)(C)OC(=O)OCCCC)[C@H]1CC[C@H]2/C(=C/C=C3C[C@@H](O)C[C@H](O)C3)CCC[C@]12C. The minimum atomic E-state index is -1.11. The highest BCUT2D eigenvalue weighted by Crippen LogP contribution is 2.59. The maximum absolute atomic E-state index is 12.0. The highest BCUT2D eigenvalue weighted by Gasteiger charge is 2.49. The molecule has 3 aliphatic rings. The van der Waals surface area contributed by atoms with Gasteiger partial charge in [0.15, 0.2) is 0 Å². The first-order valence-electron chi connectivity index (χ1n) is 14.1. The molecule has 3 N–H and O–H groups in total. The second-order valence-corrected chi connectivity index (χ2v) is 12.1. The summed E-state index contributed by atoms with van der Waals surface area (Å²) in [5.41, 5.74) is 2.59. The van der Waals surface area contributed by atoms with E-state index in [0.717, 1.165) is 56.1 Å². The Morgan fingerprint density at radius 2 is 1.92 bits per heavy atom. The summed E-state index contributed by atoms with van der Waals surface area (Å²) in [6.45, 7) is 12.4. The van der Waals surface area contributed by atoms with Crippen LogP contribution in [0, 0.1) is 17.3 Å². The summed E-state index contributed by atoms with van der Waals surface area (Å²) in [4.78, 5) is 12.0. The molecule has 37 heavy (non-hydrogen) atoms. The van der Waals surface area contributed by atoms with Crippen LogP contribution in [0.5, 0.6) is 0 Å². The first-order valence-corrected chi connectivity index (χ1v) is 14.1. The standard InChI is InChI=1S/C31H48O6/c1-6-7-17-36-29(35)37-30(3,4)28(34)15-10-21(2)26-13-14-27-23(9-8-16-31(26,27)5)12-11-22-18-24(32)20-25(33)19-22/h10-12,15,24-28,32-34H,2,6-9,13-14,16-20H2,1,3-5H3/b15-10+,23-12+/t24-,25-,26-,27+,28+,31-/m1/s1. The molecule has 0 aliphatic heterocycles. The molecule has 6 nitrogen and oxygen atoms in total. The lowest BCUT2D eigenvalue weighted by Crippen LogP contribution is -2.40. The summed E-state index contributed by atoms with van der Waals surface area (Å²) in [6.07, 6.45) is 14.3. The molecule has 0 saturated heterocycles. The number of hydrogen-bond donors (Lipinski definition) is 3. The molecule has 6 heteroatoms. The van der Waals surface area contributed by atoms with E-state index >= 15 is 0 Å². The molecule has 6 atom stereocenters. The third-order valence-corrected chi connectivity index (χ3v) is 8.75. The molecular formula is C31H48O6. The molecule has 3 aliphatic carbocycles. The molecule has 0 heterocycles. The number of aliphatic hydroxyl groups is 3. The van der Waals surface area contributed by atoms with E-state index in [2.05, 4.69) is 25.7 Å². The van der Waals surface area contributed by atoms with Crippen LogP contribution in [0.15, 0.2) is 47.6 Å². The molecular weight excluding hydrogens is 468 g/mol. The van der Waals surface area contributed by atoms with Gasteiger partial charge in [-0.25, -0.2) is 4.79 Å². The maximum Gasteiger partial charge on any atom is 0.508 e. The van der Waals surface area contributed by atoms with Gasteiger partial charge in [-0.15, -0.1) is 0 Å². The fourth-order valence-corrected chi connectivity index (χ4v) is 6.55. The van der Waals surface area contributed by atoms with E-state index in [-0.39, 0.29) is 5.41 Å². The fraction of sp³-hybridized carbons (Fsp3) is 0.710. The average molecular weight is 517 g/mol. The second kappa shape index (κ2) is 12.8. The fourth-order valence-electron chi connectivity index (χ4n) is 6.55. The Labute approximate surface area is 223 Å². The summed E-state index contributed by atoms with van der Waals surface area (Å²) in [6, 6.07) is 0. The molecule has 0 radical (unpaired) electrons. The largest absolute Gasteiger partial charge is 0.508 e. The summed E-state index contributed by atoms with van der Waals surface area (Å²) in [5.74, 6) is 0.799. The average Bonchev–Trinajstić information content (AvgIpc) is 3.17. The Morgan fingerprint density at radius 3 is 2.59 bits per heavy atom. The Hall–Kier alpha value is -1.89. The zero-order chi connectivity index (χ0) is 27.2. The van der Waals surface area contributed by atoms with Crippen molar-refractivity contribution in [2.45, 2.75) is 116 Å². The quantitative estimate of drug-likeness (QED) is 0.193. The molecule has 3 rings (SSSR count). The van der Waals surface area contributed by atoms with E-state index in [4.69, 9.17) is 9.47 Å². The molecule has 0 aromatic carbocycles. The van der Waals surface area contributed by atoms with E-state index in [1.54, 1.807) is 19.9 Å². The van der Waals surface area contributed by atoms with Crippen LogP contribution >= 0.6 is 0 Å². The molecule has 208 valence electrons. The van der Waals surface area contributed by atoms with Crippen molar-refractivity contribution in [3.8, 4) is 0 Å². The van der Waals surface area contributed by atoms with Crippen LogP contribution in [0.4, 0.5) is 4.79 Å². The van der Waals surface area contributed by atoms with Crippen LogP contribution in [0.2, 0.25) is 0 Å². The van der Waals surface area contributed by atoms with Crippen LogP contribution in [-0.2, 0) is 9.47 Å². The molecule has 0 aromatic heterocycles. The lowest BCUT2D eigenvalue weighted by atomic mass is 9.62. The lowest BCUT2D eigenvalue weighted by molar-refractivity contribution is -0.0668. The van der Waals surface area contributed by atoms with Gasteiger partial charge < -0.3 is 24.8 Å². The number of ether oxygens (including phenoxy) is 2. The molecule has 0 aromatic rings. The number of fused-ring (bicyclic) bond motifs is 1. The Morgan fingerprint density at radius 1 is 1.22 bits per heavy atom. The predicted octanol–water partition coefficient (Wildman–Crippen LogP) is 6.17. The zero-order valence-electron chi connectivity index (χ0n) is 23.2. The van der Waals surface area contributed by atoms with Crippen LogP contribution < -0.4 is 0 Å². The number of hydrogen-bond acceptors (Lipinski definition) is 6. The highest BCUT2D eigenvalue weighted by atomic mass is 16.7. The van der Waals surface area contributed by atoms with Gasteiger partial charge >= 0.3 is 6.16 Å². The minimum absolute atomic E-state index is 0.107. The van der Waals surface area contributed by atoms with Crippen molar-refractivity contribution in [1.82, 2.24) is 0 Å². The van der Waals surface area contributed by atoms with E-state index in [1.807, 2.05) is 13.0 Å². The van der Waals surface area contributed by atoms with Gasteiger partial charge in [0.25, 0.3) is 0 Å². The van der Waals surface area contributed by atoms with Gasteiger partial charge in [-0.1, -0.05) is 67.9 Å². The Balaban J connectivity index is 1.63. The van der Waals surface area contributed by atoms with Crippen LogP contribution in [-0.4, -0.2) is 52.0 Å². The molecule has 0 amide bonds. The van der Waals surface area contributed by atoms with Crippen LogP contribution in [0.1, 0.15) is 91.9 Å². The molecule has 0 unspecified atom stereocenters. The van der Waals surface area contributed by atoms with Crippen molar-refractivity contribution in [2.75, 3.05) is 6.61 Å². The van der Waals surface area contributed by atoms with E-state index in [9.17, 15) is 20.1 Å². The van der Waals surface area contributed by atoms with Gasteiger partial charge in [-0.05, 0) is 88.9 Å². The van der Waals surface area contributed by atoms with Gasteiger partial charge in [0, 0.05) is 0 Å². The van der Waals surface area contributed by atoms with Gasteiger partial charge in [0.1, 0.15) is 11.7 Å². The van der Waals surface area contributed by atoms with Gasteiger partial charge in [0.2, 0.25) is 0 Å². The Kier molecular flexibility index (Phi) is 10.2. The third kappa shape index (κ3) is 7.58. The van der Waals surface area contributed by atoms with Crippen molar-refractivity contribution < 1.29 is 29.6 Å².